The predicted molar refractivity (Wildman–Crippen MR) is 115 cm³/mol. The minimum Gasteiger partial charge on any atom is -0.494 e. The SMILES string of the molecule is CCOc1ccc(Cc2cc(C3(OC)O[C@H](CO)[C@@H](O)[C@H](O)[C@H]3OC)ccc2Cl)cc1. The molecule has 8 heteroatoms. The zero-order valence-electron chi connectivity index (χ0n) is 17.8. The van der Waals surface area contributed by atoms with Gasteiger partial charge in [-0.1, -0.05) is 29.8 Å². The van der Waals surface area contributed by atoms with Crippen LogP contribution in [0, 0.1) is 0 Å². The van der Waals surface area contributed by atoms with Gasteiger partial charge in [-0.2, -0.15) is 0 Å². The van der Waals surface area contributed by atoms with E-state index in [-0.39, 0.29) is 0 Å². The fourth-order valence-electron chi connectivity index (χ4n) is 3.96. The minimum absolute atomic E-state index is 0.494. The molecule has 0 aromatic heterocycles. The molecule has 0 amide bonds. The summed E-state index contributed by atoms with van der Waals surface area (Å²) in [6.45, 7) is 2.04. The number of rotatable bonds is 8. The molecule has 2 aromatic carbocycles. The summed E-state index contributed by atoms with van der Waals surface area (Å²) in [5.41, 5.74) is 2.40. The van der Waals surface area contributed by atoms with Crippen LogP contribution in [0.3, 0.4) is 0 Å². The topological polar surface area (TPSA) is 97.6 Å². The van der Waals surface area contributed by atoms with E-state index in [1.165, 1.54) is 14.2 Å². The first-order valence-electron chi connectivity index (χ1n) is 10.1. The molecule has 31 heavy (non-hydrogen) atoms. The second-order valence-electron chi connectivity index (χ2n) is 7.41. The first-order chi connectivity index (χ1) is 14.9. The second-order valence-corrected chi connectivity index (χ2v) is 7.82. The molecule has 3 N–H and O–H groups in total. The lowest BCUT2D eigenvalue weighted by molar-refractivity contribution is -0.370. The molecule has 1 fully saturated rings. The van der Waals surface area contributed by atoms with Gasteiger partial charge >= 0.3 is 0 Å². The lowest BCUT2D eigenvalue weighted by Crippen LogP contribution is -2.64. The third kappa shape index (κ3) is 4.73. The molecule has 0 bridgehead atoms. The molecule has 0 spiro atoms. The number of hydrogen-bond donors (Lipinski definition) is 3. The molecule has 1 aliphatic rings. The Labute approximate surface area is 187 Å². The lowest BCUT2D eigenvalue weighted by Gasteiger charge is -2.49. The van der Waals surface area contributed by atoms with E-state index in [4.69, 9.17) is 30.5 Å². The van der Waals surface area contributed by atoms with Gasteiger partial charge in [0.2, 0.25) is 5.79 Å². The van der Waals surface area contributed by atoms with Crippen molar-refractivity contribution >= 4 is 11.6 Å². The fraction of sp³-hybridized carbons (Fsp3) is 0.478. The highest BCUT2D eigenvalue weighted by Crippen LogP contribution is 2.41. The molecule has 7 nitrogen and oxygen atoms in total. The van der Waals surface area contributed by atoms with E-state index < -0.39 is 36.8 Å². The monoisotopic (exact) mass is 452 g/mol. The van der Waals surface area contributed by atoms with Crippen LogP contribution in [0.25, 0.3) is 0 Å². The van der Waals surface area contributed by atoms with E-state index in [2.05, 4.69) is 0 Å². The van der Waals surface area contributed by atoms with Gasteiger partial charge in [0.15, 0.2) is 0 Å². The highest BCUT2D eigenvalue weighted by molar-refractivity contribution is 6.31. The van der Waals surface area contributed by atoms with Gasteiger partial charge in [-0.05, 0) is 48.7 Å². The third-order valence-electron chi connectivity index (χ3n) is 5.56. The smallest absolute Gasteiger partial charge is 0.225 e. The maximum atomic E-state index is 10.6. The minimum atomic E-state index is -1.54. The Morgan fingerprint density at radius 2 is 1.77 bits per heavy atom. The average molecular weight is 453 g/mol. The van der Waals surface area contributed by atoms with Gasteiger partial charge in [0.05, 0.1) is 13.2 Å². The zero-order valence-corrected chi connectivity index (χ0v) is 18.6. The van der Waals surface area contributed by atoms with Gasteiger partial charge in [0.1, 0.15) is 30.2 Å². The summed E-state index contributed by atoms with van der Waals surface area (Å²) in [5.74, 6) is -0.746. The molecule has 0 saturated carbocycles. The highest BCUT2D eigenvalue weighted by Gasteiger charge is 2.56. The van der Waals surface area contributed by atoms with Crippen molar-refractivity contribution in [2.24, 2.45) is 0 Å². The van der Waals surface area contributed by atoms with E-state index in [1.54, 1.807) is 12.1 Å². The molecule has 1 saturated heterocycles. The van der Waals surface area contributed by atoms with Crippen LogP contribution < -0.4 is 4.74 Å². The first-order valence-corrected chi connectivity index (χ1v) is 10.5. The van der Waals surface area contributed by atoms with Crippen molar-refractivity contribution in [1.29, 1.82) is 0 Å². The lowest BCUT2D eigenvalue weighted by atomic mass is 9.86. The van der Waals surface area contributed by atoms with Gasteiger partial charge in [-0.15, -0.1) is 0 Å². The summed E-state index contributed by atoms with van der Waals surface area (Å²) in [4.78, 5) is 0. The largest absolute Gasteiger partial charge is 0.494 e. The van der Waals surface area contributed by atoms with Gasteiger partial charge in [-0.3, -0.25) is 0 Å². The fourth-order valence-corrected chi connectivity index (χ4v) is 4.14. The number of benzene rings is 2. The Kier molecular flexibility index (Phi) is 7.93. The van der Waals surface area contributed by atoms with E-state index in [1.807, 2.05) is 37.3 Å². The van der Waals surface area contributed by atoms with E-state index in [0.29, 0.717) is 23.6 Å². The summed E-state index contributed by atoms with van der Waals surface area (Å²) in [6, 6.07) is 13.0. The van der Waals surface area contributed by atoms with Crippen molar-refractivity contribution in [3.05, 3.63) is 64.2 Å². The third-order valence-corrected chi connectivity index (χ3v) is 5.92. The Hall–Kier alpha value is -1.71. The standard InChI is InChI=1S/C23H29ClO7/c1-4-30-17-8-5-14(6-9-17)11-15-12-16(7-10-18(15)24)23(29-3)22(28-2)21(27)20(26)19(13-25)31-23/h5-10,12,19-22,25-27H,4,11,13H2,1-3H3/t19-,20-,21+,22-,23?/m1/s1. The van der Waals surface area contributed by atoms with Crippen molar-refractivity contribution in [2.45, 2.75) is 43.5 Å². The summed E-state index contributed by atoms with van der Waals surface area (Å²) in [6.07, 6.45) is -4.19. The van der Waals surface area contributed by atoms with Crippen LogP contribution in [-0.2, 0) is 26.4 Å². The number of halogens is 1. The van der Waals surface area contributed by atoms with Gasteiger partial charge < -0.3 is 34.3 Å². The van der Waals surface area contributed by atoms with Crippen LogP contribution in [0.15, 0.2) is 42.5 Å². The van der Waals surface area contributed by atoms with Crippen molar-refractivity contribution in [1.82, 2.24) is 0 Å². The molecule has 0 radical (unpaired) electrons. The van der Waals surface area contributed by atoms with Crippen LogP contribution in [-0.4, -0.2) is 67.2 Å². The second kappa shape index (κ2) is 10.3. The van der Waals surface area contributed by atoms with Crippen molar-refractivity contribution in [3.8, 4) is 5.75 Å². The van der Waals surface area contributed by atoms with Gasteiger partial charge in [-0.25, -0.2) is 0 Å². The van der Waals surface area contributed by atoms with Gasteiger partial charge in [0, 0.05) is 24.8 Å². The molecule has 5 atom stereocenters. The number of aliphatic hydroxyl groups is 3. The number of aliphatic hydroxyl groups excluding tert-OH is 3. The van der Waals surface area contributed by atoms with E-state index >= 15 is 0 Å². The summed E-state index contributed by atoms with van der Waals surface area (Å²) in [7, 11) is 2.82. The van der Waals surface area contributed by atoms with E-state index in [9.17, 15) is 15.3 Å². The maximum absolute atomic E-state index is 10.6. The summed E-state index contributed by atoms with van der Waals surface area (Å²) in [5, 5.41) is 31.1. The highest BCUT2D eigenvalue weighted by atomic mass is 35.5. The Bertz CT molecular complexity index is 860. The molecule has 170 valence electrons. The quantitative estimate of drug-likeness (QED) is 0.565. The average Bonchev–Trinajstić information content (AvgIpc) is 2.78. The first kappa shape index (κ1) is 23.9. The van der Waals surface area contributed by atoms with Crippen LogP contribution in [0.5, 0.6) is 5.75 Å². The predicted octanol–water partition coefficient (Wildman–Crippen LogP) is 2.26. The van der Waals surface area contributed by atoms with E-state index in [0.717, 1.165) is 16.9 Å². The maximum Gasteiger partial charge on any atom is 0.225 e. The van der Waals surface area contributed by atoms with Crippen molar-refractivity contribution in [2.75, 3.05) is 27.4 Å². The molecule has 0 aliphatic carbocycles. The molecular weight excluding hydrogens is 424 g/mol. The molecule has 1 unspecified atom stereocenters. The van der Waals surface area contributed by atoms with Gasteiger partial charge in [0.25, 0.3) is 0 Å². The van der Waals surface area contributed by atoms with Crippen molar-refractivity contribution in [3.63, 3.8) is 0 Å². The molecule has 2 aromatic rings. The Morgan fingerprint density at radius 1 is 1.06 bits per heavy atom. The summed E-state index contributed by atoms with van der Waals surface area (Å²) >= 11 is 6.47. The van der Waals surface area contributed by atoms with Crippen LogP contribution in [0.2, 0.25) is 5.02 Å². The number of ether oxygens (including phenoxy) is 4. The summed E-state index contributed by atoms with van der Waals surface area (Å²) < 4.78 is 22.6. The number of methoxy groups -OCH3 is 2. The van der Waals surface area contributed by atoms with Crippen molar-refractivity contribution < 1.29 is 34.3 Å². The Balaban J connectivity index is 1.97. The molecular formula is C23H29ClO7. The molecule has 1 aliphatic heterocycles. The Morgan fingerprint density at radius 3 is 2.35 bits per heavy atom. The van der Waals surface area contributed by atoms with Crippen LogP contribution in [0.1, 0.15) is 23.6 Å². The molecule has 1 heterocycles. The normalized spacial score (nSPS) is 28.5. The van der Waals surface area contributed by atoms with Crippen LogP contribution >= 0.6 is 11.6 Å². The zero-order chi connectivity index (χ0) is 22.6. The van der Waals surface area contributed by atoms with Crippen LogP contribution in [0.4, 0.5) is 0 Å². The molecule has 3 rings (SSSR count). The number of hydrogen-bond acceptors (Lipinski definition) is 7.